The number of fused-ring (bicyclic) bond motifs is 4. The molecule has 4 aromatic heterocycles. The van der Waals surface area contributed by atoms with E-state index in [4.69, 9.17) is 4.42 Å². The zero-order valence-corrected chi connectivity index (χ0v) is 22.6. The molecule has 1 saturated carbocycles. The lowest BCUT2D eigenvalue weighted by Gasteiger charge is -2.13. The number of furan rings is 1. The van der Waals surface area contributed by atoms with Crippen LogP contribution in [-0.4, -0.2) is 39.1 Å². The molecule has 0 bridgehead atoms. The number of hydrogen-bond donors (Lipinski definition) is 3. The molecule has 4 heterocycles. The number of nitrogens with one attached hydrogen (secondary N) is 3. The van der Waals surface area contributed by atoms with E-state index in [1.807, 2.05) is 0 Å². The molecule has 2 aromatic carbocycles. The first kappa shape index (κ1) is 26.9. The molecule has 0 saturated heterocycles. The average molecular weight is 614 g/mol. The van der Waals surface area contributed by atoms with Gasteiger partial charge in [-0.05, 0) is 54.8 Å². The Morgan fingerprint density at radius 2 is 1.95 bits per heavy atom. The third-order valence-corrected chi connectivity index (χ3v) is 9.19. The van der Waals surface area contributed by atoms with Crippen LogP contribution in [0.25, 0.3) is 44.0 Å². The minimum atomic E-state index is -4.71. The number of aromatic nitrogens is 4. The van der Waals surface area contributed by atoms with Crippen molar-refractivity contribution in [1.82, 2.24) is 24.2 Å². The van der Waals surface area contributed by atoms with Crippen molar-refractivity contribution in [3.05, 3.63) is 88.2 Å². The zero-order chi connectivity index (χ0) is 30.3. The summed E-state index contributed by atoms with van der Waals surface area (Å²) in [6.07, 6.45) is -1.35. The van der Waals surface area contributed by atoms with E-state index in [9.17, 15) is 31.2 Å². The van der Waals surface area contributed by atoms with E-state index < -0.39 is 44.6 Å². The van der Waals surface area contributed by atoms with Gasteiger partial charge in [0.1, 0.15) is 17.1 Å². The molecular formula is C28H19F4N5O5S. The number of halogens is 4. The smallest absolute Gasteiger partial charge is 0.449 e. The molecule has 0 atom stereocenters. The molecule has 43 heavy (non-hydrogen) atoms. The number of aromatic amines is 2. The van der Waals surface area contributed by atoms with Crippen LogP contribution in [0.1, 0.15) is 34.7 Å². The minimum absolute atomic E-state index is 0.00210. The van der Waals surface area contributed by atoms with Gasteiger partial charge in [-0.15, -0.1) is 0 Å². The van der Waals surface area contributed by atoms with Crippen molar-refractivity contribution in [2.24, 2.45) is 0 Å². The molecule has 0 aliphatic heterocycles. The van der Waals surface area contributed by atoms with Gasteiger partial charge in [-0.3, -0.25) is 9.59 Å². The molecule has 1 aliphatic rings. The molecule has 6 aromatic rings. The summed E-state index contributed by atoms with van der Waals surface area (Å²) < 4.78 is 89.8. The standard InChI is InChI=1S/C28H19F4N5O5S/c29-17-11-20-22(24-15(17)7-9-42-24)21(16-2-1-8-33-25(16)38)23(26(39)36-43(40,41)14-4-5-14)37(20)12-13-3-6-18-19(10-13)35-27(34-18)28(30,31)32/h1-3,6-11,14H,4-5,12H2,(H,33,38)(H,34,35)(H,36,39). The Hall–Kier alpha value is -4.92. The van der Waals surface area contributed by atoms with Crippen LogP contribution in [0.3, 0.4) is 0 Å². The fourth-order valence-corrected chi connectivity index (χ4v) is 6.58. The molecule has 1 fully saturated rings. The van der Waals surface area contributed by atoms with Crippen molar-refractivity contribution in [2.45, 2.75) is 30.8 Å². The maximum absolute atomic E-state index is 15.3. The summed E-state index contributed by atoms with van der Waals surface area (Å²) in [5.41, 5.74) is -0.314. The molecule has 1 amide bonds. The largest absolute Gasteiger partial charge is 0.463 e. The summed E-state index contributed by atoms with van der Waals surface area (Å²) in [6, 6.07) is 9.68. The number of nitrogens with zero attached hydrogens (tertiary/aromatic N) is 2. The number of rotatable bonds is 6. The highest BCUT2D eigenvalue weighted by atomic mass is 32.2. The van der Waals surface area contributed by atoms with E-state index in [1.165, 1.54) is 53.4 Å². The van der Waals surface area contributed by atoms with Gasteiger partial charge in [0.15, 0.2) is 0 Å². The lowest BCUT2D eigenvalue weighted by molar-refractivity contribution is -0.144. The molecular weight excluding hydrogens is 594 g/mol. The van der Waals surface area contributed by atoms with Crippen molar-refractivity contribution in [1.29, 1.82) is 0 Å². The van der Waals surface area contributed by atoms with Gasteiger partial charge >= 0.3 is 6.18 Å². The maximum atomic E-state index is 15.3. The quantitative estimate of drug-likeness (QED) is 0.225. The number of carbonyl (C=O) groups is 1. The number of imidazole rings is 1. The van der Waals surface area contributed by atoms with Crippen molar-refractivity contribution in [3.8, 4) is 11.1 Å². The van der Waals surface area contributed by atoms with Gasteiger partial charge in [0.25, 0.3) is 11.5 Å². The summed E-state index contributed by atoms with van der Waals surface area (Å²) in [5, 5.41) is -0.513. The Bertz CT molecular complexity index is 2280. The van der Waals surface area contributed by atoms with E-state index >= 15 is 4.39 Å². The number of alkyl halides is 3. The first-order chi connectivity index (χ1) is 20.4. The predicted molar refractivity (Wildman–Crippen MR) is 147 cm³/mol. The van der Waals surface area contributed by atoms with Crippen LogP contribution in [0.15, 0.2) is 64.1 Å². The van der Waals surface area contributed by atoms with Crippen LogP contribution < -0.4 is 10.3 Å². The fraction of sp³-hybridized carbons (Fsp3) is 0.179. The predicted octanol–water partition coefficient (Wildman–Crippen LogP) is 5.05. The van der Waals surface area contributed by atoms with Gasteiger partial charge in [-0.25, -0.2) is 22.5 Å². The zero-order valence-electron chi connectivity index (χ0n) is 21.8. The van der Waals surface area contributed by atoms with E-state index in [1.54, 1.807) is 0 Å². The molecule has 3 N–H and O–H groups in total. The van der Waals surface area contributed by atoms with Crippen LogP contribution in [0, 0.1) is 5.82 Å². The van der Waals surface area contributed by atoms with Crippen LogP contribution in [0.5, 0.6) is 0 Å². The van der Waals surface area contributed by atoms with Crippen LogP contribution in [0.4, 0.5) is 17.6 Å². The summed E-state index contributed by atoms with van der Waals surface area (Å²) in [6.45, 7) is -0.227. The van der Waals surface area contributed by atoms with Crippen molar-refractivity contribution in [3.63, 3.8) is 0 Å². The van der Waals surface area contributed by atoms with Crippen molar-refractivity contribution < 1.29 is 35.2 Å². The van der Waals surface area contributed by atoms with Crippen LogP contribution in [0.2, 0.25) is 0 Å². The molecule has 7 rings (SSSR count). The monoisotopic (exact) mass is 613 g/mol. The number of sulfonamides is 1. The minimum Gasteiger partial charge on any atom is -0.463 e. The molecule has 10 nitrogen and oxygen atoms in total. The third-order valence-electron chi connectivity index (χ3n) is 7.37. The number of pyridine rings is 1. The highest BCUT2D eigenvalue weighted by Crippen LogP contribution is 2.41. The topological polar surface area (TPSA) is 143 Å². The number of hydrogen-bond acceptors (Lipinski definition) is 6. The number of H-pyrrole nitrogens is 2. The lowest BCUT2D eigenvalue weighted by atomic mass is 10.0. The summed E-state index contributed by atoms with van der Waals surface area (Å²) in [4.78, 5) is 35.3. The number of benzene rings is 2. The van der Waals surface area contributed by atoms with Crippen molar-refractivity contribution in [2.75, 3.05) is 0 Å². The van der Waals surface area contributed by atoms with Gasteiger partial charge in [0.2, 0.25) is 15.8 Å². The van der Waals surface area contributed by atoms with Gasteiger partial charge in [0.05, 0.1) is 44.4 Å². The van der Waals surface area contributed by atoms with Crippen LogP contribution >= 0.6 is 0 Å². The summed E-state index contributed by atoms with van der Waals surface area (Å²) in [5.74, 6) is -2.97. The van der Waals surface area contributed by atoms with Gasteiger partial charge in [0, 0.05) is 18.3 Å². The molecule has 0 unspecified atom stereocenters. The second kappa shape index (κ2) is 9.29. The Kier molecular flexibility index (Phi) is 5.82. The number of amides is 1. The SMILES string of the molecule is O=C(NS(=O)(=O)C1CC1)c1c(-c2ccc[nH]c2=O)c2c3occc3c(F)cc2n1Cc1ccc2nc(C(F)(F)F)[nH]c2c1. The Balaban J connectivity index is 1.51. The lowest BCUT2D eigenvalue weighted by Crippen LogP contribution is -2.35. The molecule has 1 aliphatic carbocycles. The fourth-order valence-electron chi connectivity index (χ4n) is 5.30. The van der Waals surface area contributed by atoms with E-state index in [0.717, 1.165) is 6.07 Å². The molecule has 15 heteroatoms. The summed E-state index contributed by atoms with van der Waals surface area (Å²) in [7, 11) is -4.07. The maximum Gasteiger partial charge on any atom is 0.449 e. The van der Waals surface area contributed by atoms with Gasteiger partial charge in [-0.1, -0.05) is 6.07 Å². The molecule has 220 valence electrons. The first-order valence-corrected chi connectivity index (χ1v) is 14.5. The highest BCUT2D eigenvalue weighted by Gasteiger charge is 2.39. The normalized spacial score (nSPS) is 14.2. The second-order valence-corrected chi connectivity index (χ2v) is 12.2. The van der Waals surface area contributed by atoms with E-state index in [0.29, 0.717) is 18.4 Å². The number of carbonyl (C=O) groups excluding carboxylic acids is 1. The highest BCUT2D eigenvalue weighted by molar-refractivity contribution is 7.91. The Morgan fingerprint density at radius 3 is 2.67 bits per heavy atom. The van der Waals surface area contributed by atoms with E-state index in [2.05, 4.69) is 19.7 Å². The van der Waals surface area contributed by atoms with Crippen molar-refractivity contribution >= 4 is 48.8 Å². The van der Waals surface area contributed by atoms with E-state index in [-0.39, 0.29) is 56.3 Å². The second-order valence-electron chi connectivity index (χ2n) is 10.2. The van der Waals surface area contributed by atoms with Crippen LogP contribution in [-0.2, 0) is 22.7 Å². The van der Waals surface area contributed by atoms with Gasteiger partial charge in [-0.2, -0.15) is 13.2 Å². The molecule has 0 spiro atoms. The average Bonchev–Trinajstić information content (AvgIpc) is 3.41. The van der Waals surface area contributed by atoms with Gasteiger partial charge < -0.3 is 19.0 Å². The first-order valence-electron chi connectivity index (χ1n) is 12.9. The Labute approximate surface area is 238 Å². The Morgan fingerprint density at radius 1 is 1.16 bits per heavy atom. The third kappa shape index (κ3) is 4.47. The molecule has 0 radical (unpaired) electrons. The summed E-state index contributed by atoms with van der Waals surface area (Å²) >= 11 is 0.